The first-order valence-electron chi connectivity index (χ1n) is 6.45. The third kappa shape index (κ3) is 7.37. The van der Waals surface area contributed by atoms with Gasteiger partial charge in [0.1, 0.15) is 0 Å². The molecule has 0 aromatic carbocycles. The van der Waals surface area contributed by atoms with Crippen LogP contribution < -0.4 is 5.32 Å². The molecule has 0 aliphatic carbocycles. The van der Waals surface area contributed by atoms with Gasteiger partial charge in [0.05, 0.1) is 0 Å². The second kappa shape index (κ2) is 9.51. The van der Waals surface area contributed by atoms with E-state index < -0.39 is 0 Å². The molecule has 1 nitrogen and oxygen atoms in total. The van der Waals surface area contributed by atoms with Crippen molar-refractivity contribution in [2.24, 2.45) is 5.92 Å². The molecule has 1 N–H and O–H groups in total. The maximum absolute atomic E-state index is 3.57. The topological polar surface area (TPSA) is 12.0 Å². The molecule has 1 unspecified atom stereocenters. The van der Waals surface area contributed by atoms with Gasteiger partial charge in [0.2, 0.25) is 0 Å². The Labute approximate surface area is 90.7 Å². The Balaban J connectivity index is 3.41. The molecular weight excluding hydrogens is 170 g/mol. The first-order valence-corrected chi connectivity index (χ1v) is 6.45. The third-order valence-electron chi connectivity index (χ3n) is 2.89. The van der Waals surface area contributed by atoms with Crippen molar-refractivity contribution in [2.45, 2.75) is 72.3 Å². The summed E-state index contributed by atoms with van der Waals surface area (Å²) in [6.45, 7) is 10.2. The lowest BCUT2D eigenvalue weighted by molar-refractivity contribution is 0.371. The van der Waals surface area contributed by atoms with Crippen molar-refractivity contribution in [3.05, 3.63) is 0 Å². The number of unbranched alkanes of at least 4 members (excludes halogenated alkanes) is 4. The zero-order valence-corrected chi connectivity index (χ0v) is 10.6. The minimum absolute atomic E-state index is 0.738. The predicted molar refractivity (Wildman–Crippen MR) is 65.7 cm³/mol. The fourth-order valence-electron chi connectivity index (χ4n) is 1.90. The molecule has 86 valence electrons. The van der Waals surface area contributed by atoms with E-state index in [0.717, 1.165) is 18.5 Å². The molecule has 0 saturated carbocycles. The van der Waals surface area contributed by atoms with Gasteiger partial charge in [0.25, 0.3) is 0 Å². The highest BCUT2D eigenvalue weighted by Gasteiger charge is 2.10. The molecular formula is C13H29N. The first-order chi connectivity index (χ1) is 6.72. The summed E-state index contributed by atoms with van der Waals surface area (Å²) in [4.78, 5) is 0. The van der Waals surface area contributed by atoms with E-state index in [0.29, 0.717) is 0 Å². The van der Waals surface area contributed by atoms with Crippen LogP contribution in [0.3, 0.4) is 0 Å². The van der Waals surface area contributed by atoms with Crippen LogP contribution in [0.5, 0.6) is 0 Å². The van der Waals surface area contributed by atoms with E-state index in [2.05, 4.69) is 33.0 Å². The van der Waals surface area contributed by atoms with Crippen LogP contribution in [-0.4, -0.2) is 12.6 Å². The van der Waals surface area contributed by atoms with Crippen LogP contribution in [0.25, 0.3) is 0 Å². The summed E-state index contributed by atoms with van der Waals surface area (Å²) in [6, 6.07) is 0.738. The standard InChI is InChI=1S/C13H29N/c1-5-7-8-9-10-11-13(12(3)4)14-6-2/h12-14H,5-11H2,1-4H3. The lowest BCUT2D eigenvalue weighted by Crippen LogP contribution is -2.33. The largest absolute Gasteiger partial charge is 0.314 e. The fourth-order valence-corrected chi connectivity index (χ4v) is 1.90. The van der Waals surface area contributed by atoms with E-state index in [1.54, 1.807) is 0 Å². The van der Waals surface area contributed by atoms with Gasteiger partial charge in [-0.25, -0.2) is 0 Å². The minimum Gasteiger partial charge on any atom is -0.314 e. The highest BCUT2D eigenvalue weighted by Crippen LogP contribution is 2.12. The normalized spacial score (nSPS) is 13.5. The zero-order chi connectivity index (χ0) is 10.8. The van der Waals surface area contributed by atoms with Gasteiger partial charge in [-0.15, -0.1) is 0 Å². The molecule has 0 spiro atoms. The van der Waals surface area contributed by atoms with E-state index in [1.807, 2.05) is 0 Å². The van der Waals surface area contributed by atoms with E-state index in [1.165, 1.54) is 38.5 Å². The van der Waals surface area contributed by atoms with Crippen molar-refractivity contribution in [1.82, 2.24) is 5.32 Å². The van der Waals surface area contributed by atoms with Crippen molar-refractivity contribution >= 4 is 0 Å². The zero-order valence-electron chi connectivity index (χ0n) is 10.6. The van der Waals surface area contributed by atoms with Crippen LogP contribution in [0.1, 0.15) is 66.2 Å². The quantitative estimate of drug-likeness (QED) is 0.554. The van der Waals surface area contributed by atoms with Crippen molar-refractivity contribution in [3.8, 4) is 0 Å². The summed E-state index contributed by atoms with van der Waals surface area (Å²) in [5.74, 6) is 0.779. The van der Waals surface area contributed by atoms with Gasteiger partial charge < -0.3 is 5.32 Å². The molecule has 0 bridgehead atoms. The summed E-state index contributed by atoms with van der Waals surface area (Å²) in [5.41, 5.74) is 0. The molecule has 14 heavy (non-hydrogen) atoms. The Morgan fingerprint density at radius 2 is 1.57 bits per heavy atom. The van der Waals surface area contributed by atoms with Crippen LogP contribution in [0, 0.1) is 5.92 Å². The van der Waals surface area contributed by atoms with Crippen molar-refractivity contribution < 1.29 is 0 Å². The summed E-state index contributed by atoms with van der Waals surface area (Å²) in [5, 5.41) is 3.57. The number of rotatable bonds is 9. The molecule has 0 radical (unpaired) electrons. The van der Waals surface area contributed by atoms with Gasteiger partial charge in [-0.3, -0.25) is 0 Å². The molecule has 0 saturated heterocycles. The lowest BCUT2D eigenvalue weighted by Gasteiger charge is -2.21. The lowest BCUT2D eigenvalue weighted by atomic mass is 9.97. The van der Waals surface area contributed by atoms with Crippen molar-refractivity contribution in [1.29, 1.82) is 0 Å². The third-order valence-corrected chi connectivity index (χ3v) is 2.89. The summed E-state index contributed by atoms with van der Waals surface area (Å²) >= 11 is 0. The van der Waals surface area contributed by atoms with Crippen LogP contribution in [0.2, 0.25) is 0 Å². The Bertz CT molecular complexity index is 110. The molecule has 1 atom stereocenters. The second-order valence-electron chi connectivity index (χ2n) is 4.61. The van der Waals surface area contributed by atoms with Crippen LogP contribution in [0.15, 0.2) is 0 Å². The monoisotopic (exact) mass is 199 g/mol. The van der Waals surface area contributed by atoms with Gasteiger partial charge in [0, 0.05) is 6.04 Å². The molecule has 0 aliphatic heterocycles. The van der Waals surface area contributed by atoms with Crippen LogP contribution in [-0.2, 0) is 0 Å². The summed E-state index contributed by atoms with van der Waals surface area (Å²) < 4.78 is 0. The maximum atomic E-state index is 3.57. The van der Waals surface area contributed by atoms with E-state index in [4.69, 9.17) is 0 Å². The first kappa shape index (κ1) is 14.0. The van der Waals surface area contributed by atoms with E-state index in [9.17, 15) is 0 Å². The molecule has 0 aromatic heterocycles. The number of hydrogen-bond acceptors (Lipinski definition) is 1. The molecule has 0 aromatic rings. The molecule has 0 amide bonds. The Morgan fingerprint density at radius 1 is 0.929 bits per heavy atom. The average molecular weight is 199 g/mol. The van der Waals surface area contributed by atoms with Gasteiger partial charge in [-0.1, -0.05) is 59.8 Å². The number of nitrogens with one attached hydrogen (secondary N) is 1. The van der Waals surface area contributed by atoms with Gasteiger partial charge in [-0.2, -0.15) is 0 Å². The van der Waals surface area contributed by atoms with Crippen LogP contribution >= 0.6 is 0 Å². The van der Waals surface area contributed by atoms with Gasteiger partial charge in [-0.05, 0) is 18.9 Å². The predicted octanol–water partition coefficient (Wildman–Crippen LogP) is 3.98. The fraction of sp³-hybridized carbons (Fsp3) is 1.00. The maximum Gasteiger partial charge on any atom is 0.00899 e. The summed E-state index contributed by atoms with van der Waals surface area (Å²) in [6.07, 6.45) is 8.36. The highest BCUT2D eigenvalue weighted by atomic mass is 14.9. The molecule has 0 fully saturated rings. The van der Waals surface area contributed by atoms with E-state index in [-0.39, 0.29) is 0 Å². The smallest absolute Gasteiger partial charge is 0.00899 e. The highest BCUT2D eigenvalue weighted by molar-refractivity contribution is 4.69. The Hall–Kier alpha value is -0.0400. The SMILES string of the molecule is CCCCCCCC(NCC)C(C)C. The second-order valence-corrected chi connectivity index (χ2v) is 4.61. The van der Waals surface area contributed by atoms with E-state index >= 15 is 0 Å². The number of hydrogen-bond donors (Lipinski definition) is 1. The Morgan fingerprint density at radius 3 is 2.07 bits per heavy atom. The summed E-state index contributed by atoms with van der Waals surface area (Å²) in [7, 11) is 0. The average Bonchev–Trinajstić information content (AvgIpc) is 2.15. The minimum atomic E-state index is 0.738. The molecule has 0 aliphatic rings. The van der Waals surface area contributed by atoms with Crippen molar-refractivity contribution in [2.75, 3.05) is 6.54 Å². The Kier molecular flexibility index (Phi) is 9.49. The van der Waals surface area contributed by atoms with Gasteiger partial charge >= 0.3 is 0 Å². The van der Waals surface area contributed by atoms with Gasteiger partial charge in [0.15, 0.2) is 0 Å². The molecule has 1 heteroatoms. The van der Waals surface area contributed by atoms with Crippen LogP contribution in [0.4, 0.5) is 0 Å². The molecule has 0 heterocycles. The van der Waals surface area contributed by atoms with Crippen molar-refractivity contribution in [3.63, 3.8) is 0 Å². The molecule has 0 rings (SSSR count).